The molecule has 4 amide bonds. The van der Waals surface area contributed by atoms with Gasteiger partial charge in [-0.3, -0.25) is 19.2 Å². The molecule has 0 bridgehead atoms. The molecule has 3 aromatic carbocycles. The number of imide groups is 1. The lowest BCUT2D eigenvalue weighted by Gasteiger charge is -2.33. The Hall–Kier alpha value is -4.40. The van der Waals surface area contributed by atoms with Crippen LogP contribution in [-0.2, 0) is 9.59 Å². The Labute approximate surface area is 195 Å². The van der Waals surface area contributed by atoms with Crippen molar-refractivity contribution in [3.05, 3.63) is 71.3 Å². The van der Waals surface area contributed by atoms with Crippen molar-refractivity contribution in [2.24, 2.45) is 5.73 Å². The Balaban J connectivity index is 1.81. The molecular weight excluding hydrogens is 438 g/mol. The van der Waals surface area contributed by atoms with Gasteiger partial charge in [0, 0.05) is 0 Å². The molecule has 9 heteroatoms. The maximum atomic E-state index is 13.5. The van der Waals surface area contributed by atoms with Crippen molar-refractivity contribution in [2.75, 3.05) is 13.7 Å². The van der Waals surface area contributed by atoms with E-state index in [2.05, 4.69) is 0 Å². The lowest BCUT2D eigenvalue weighted by molar-refractivity contribution is -0.134. The molecular formula is C25H23N3O6. The summed E-state index contributed by atoms with van der Waals surface area (Å²) >= 11 is 0. The molecule has 0 radical (unpaired) electrons. The molecule has 3 aromatic rings. The van der Waals surface area contributed by atoms with Gasteiger partial charge in [0.25, 0.3) is 11.8 Å². The topological polar surface area (TPSA) is 119 Å². The van der Waals surface area contributed by atoms with Crippen LogP contribution in [0.4, 0.5) is 0 Å². The van der Waals surface area contributed by atoms with Gasteiger partial charge in [-0.25, -0.2) is 5.01 Å². The number of methoxy groups -OCH3 is 1. The number of carbonyl (C=O) groups is 4. The Morgan fingerprint density at radius 2 is 1.85 bits per heavy atom. The van der Waals surface area contributed by atoms with E-state index in [1.54, 1.807) is 49.4 Å². The normalized spacial score (nSPS) is 13.5. The summed E-state index contributed by atoms with van der Waals surface area (Å²) in [6.45, 7) is 2.15. The maximum absolute atomic E-state index is 13.5. The second kappa shape index (κ2) is 9.22. The number of ether oxygens (including phenoxy) is 2. The van der Waals surface area contributed by atoms with Crippen LogP contribution in [0.5, 0.6) is 11.5 Å². The maximum Gasteiger partial charge on any atom is 0.281 e. The Morgan fingerprint density at radius 3 is 2.53 bits per heavy atom. The van der Waals surface area contributed by atoms with E-state index in [4.69, 9.17) is 15.2 Å². The first-order valence-electron chi connectivity index (χ1n) is 10.6. The van der Waals surface area contributed by atoms with E-state index in [0.717, 1.165) is 15.4 Å². The van der Waals surface area contributed by atoms with Crippen molar-refractivity contribution < 1.29 is 28.7 Å². The lowest BCUT2D eigenvalue weighted by Crippen LogP contribution is -2.48. The Morgan fingerprint density at radius 1 is 1.09 bits per heavy atom. The Kier molecular flexibility index (Phi) is 6.18. The van der Waals surface area contributed by atoms with Gasteiger partial charge in [0.15, 0.2) is 11.5 Å². The van der Waals surface area contributed by atoms with Crippen LogP contribution in [-0.4, -0.2) is 47.9 Å². The first-order chi connectivity index (χ1) is 16.4. The van der Waals surface area contributed by atoms with E-state index in [0.29, 0.717) is 35.5 Å². The van der Waals surface area contributed by atoms with Crippen molar-refractivity contribution in [2.45, 2.75) is 19.4 Å². The molecule has 1 unspecified atom stereocenters. The summed E-state index contributed by atoms with van der Waals surface area (Å²) in [4.78, 5) is 51.0. The molecule has 0 aromatic heterocycles. The number of hydrogen-bond donors (Lipinski definition) is 1. The standard InChI is InChI=1S/C25H23N3O6/c1-3-34-21-12-16(9-11-20(21)33-2)19(13-22(26)30)27(14-29)28-24(31)18-10-8-15-6-4-5-7-17(15)23(18)25(28)32/h4-12,14,19H,3,13H2,1-2H3,(H2,26,30). The summed E-state index contributed by atoms with van der Waals surface area (Å²) in [5, 5.41) is 3.07. The molecule has 4 rings (SSSR count). The number of amides is 4. The first-order valence-corrected chi connectivity index (χ1v) is 10.6. The molecule has 0 saturated heterocycles. The highest BCUT2D eigenvalue weighted by Gasteiger charge is 2.43. The molecule has 1 atom stereocenters. The third kappa shape index (κ3) is 3.81. The minimum atomic E-state index is -1.03. The average molecular weight is 461 g/mol. The SMILES string of the molecule is CCOc1cc(C(CC(N)=O)N(C=O)N2C(=O)c3ccc4ccccc4c3C2=O)ccc1OC. The minimum absolute atomic E-state index is 0.179. The van der Waals surface area contributed by atoms with Gasteiger partial charge in [0.2, 0.25) is 12.3 Å². The molecule has 1 aliphatic heterocycles. The third-order valence-corrected chi connectivity index (χ3v) is 5.68. The van der Waals surface area contributed by atoms with Crippen LogP contribution < -0.4 is 15.2 Å². The molecule has 34 heavy (non-hydrogen) atoms. The quantitative estimate of drug-likeness (QED) is 0.387. The minimum Gasteiger partial charge on any atom is -0.493 e. The highest BCUT2D eigenvalue weighted by atomic mass is 16.5. The zero-order chi connectivity index (χ0) is 24.4. The van der Waals surface area contributed by atoms with Crippen molar-refractivity contribution in [3.63, 3.8) is 0 Å². The number of carbonyl (C=O) groups excluding carboxylic acids is 4. The number of hydrazine groups is 1. The molecule has 1 aliphatic rings. The van der Waals surface area contributed by atoms with Gasteiger partial charge in [-0.2, -0.15) is 5.01 Å². The molecule has 0 saturated carbocycles. The fourth-order valence-electron chi connectivity index (χ4n) is 4.19. The zero-order valence-corrected chi connectivity index (χ0v) is 18.7. The summed E-state index contributed by atoms with van der Waals surface area (Å²) in [5.74, 6) is -1.19. The number of primary amides is 1. The number of rotatable bonds is 9. The summed E-state index contributed by atoms with van der Waals surface area (Å²) in [6.07, 6.45) is 0.0207. The van der Waals surface area contributed by atoms with E-state index in [1.165, 1.54) is 7.11 Å². The highest BCUT2D eigenvalue weighted by Crippen LogP contribution is 2.37. The van der Waals surface area contributed by atoms with Crippen molar-refractivity contribution in [3.8, 4) is 11.5 Å². The monoisotopic (exact) mass is 461 g/mol. The van der Waals surface area contributed by atoms with E-state index in [1.807, 2.05) is 12.1 Å². The Bertz CT molecular complexity index is 1310. The first kappa shape index (κ1) is 22.8. The van der Waals surface area contributed by atoms with Crippen LogP contribution in [0.1, 0.15) is 45.7 Å². The summed E-state index contributed by atoms with van der Waals surface area (Å²) in [5.41, 5.74) is 6.30. The van der Waals surface area contributed by atoms with E-state index in [9.17, 15) is 19.2 Å². The van der Waals surface area contributed by atoms with E-state index in [-0.39, 0.29) is 17.5 Å². The molecule has 174 valence electrons. The van der Waals surface area contributed by atoms with Gasteiger partial charge in [0.1, 0.15) is 0 Å². The molecule has 0 aliphatic carbocycles. The fourth-order valence-corrected chi connectivity index (χ4v) is 4.19. The summed E-state index contributed by atoms with van der Waals surface area (Å²) in [6, 6.07) is 14.3. The van der Waals surface area contributed by atoms with Crippen molar-refractivity contribution in [1.82, 2.24) is 10.0 Å². The number of nitrogens with two attached hydrogens (primary N) is 1. The van der Waals surface area contributed by atoms with E-state index >= 15 is 0 Å². The van der Waals surface area contributed by atoms with Gasteiger partial charge in [-0.15, -0.1) is 0 Å². The molecule has 9 nitrogen and oxygen atoms in total. The van der Waals surface area contributed by atoms with E-state index < -0.39 is 23.8 Å². The molecule has 2 N–H and O–H groups in total. The second-order valence-electron chi connectivity index (χ2n) is 7.65. The van der Waals surface area contributed by atoms with Gasteiger partial charge in [0.05, 0.1) is 37.3 Å². The molecule has 0 spiro atoms. The van der Waals surface area contributed by atoms with Crippen LogP contribution in [0.2, 0.25) is 0 Å². The van der Waals surface area contributed by atoms with Gasteiger partial charge < -0.3 is 15.2 Å². The molecule has 1 heterocycles. The van der Waals surface area contributed by atoms with Crippen LogP contribution in [0.25, 0.3) is 10.8 Å². The summed E-state index contributed by atoms with van der Waals surface area (Å²) in [7, 11) is 1.49. The second-order valence-corrected chi connectivity index (χ2v) is 7.65. The van der Waals surface area contributed by atoms with Crippen LogP contribution in [0.3, 0.4) is 0 Å². The summed E-state index contributed by atoms with van der Waals surface area (Å²) < 4.78 is 10.9. The number of hydrogen-bond acceptors (Lipinski definition) is 6. The highest BCUT2D eigenvalue weighted by molar-refractivity contribution is 6.26. The predicted octanol–water partition coefficient (Wildman–Crippen LogP) is 2.83. The number of nitrogens with zero attached hydrogens (tertiary/aromatic N) is 2. The predicted molar refractivity (Wildman–Crippen MR) is 123 cm³/mol. The largest absolute Gasteiger partial charge is 0.493 e. The smallest absolute Gasteiger partial charge is 0.281 e. The van der Waals surface area contributed by atoms with Crippen LogP contribution >= 0.6 is 0 Å². The van der Waals surface area contributed by atoms with Crippen molar-refractivity contribution in [1.29, 1.82) is 0 Å². The van der Waals surface area contributed by atoms with Gasteiger partial charge in [-0.1, -0.05) is 36.4 Å². The number of fused-ring (bicyclic) bond motifs is 3. The third-order valence-electron chi connectivity index (χ3n) is 5.68. The van der Waals surface area contributed by atoms with Gasteiger partial charge in [-0.05, 0) is 41.5 Å². The fraction of sp³-hybridized carbons (Fsp3) is 0.200. The zero-order valence-electron chi connectivity index (χ0n) is 18.7. The lowest BCUT2D eigenvalue weighted by atomic mass is 10.0. The van der Waals surface area contributed by atoms with Crippen LogP contribution in [0.15, 0.2) is 54.6 Å². The number of benzene rings is 3. The van der Waals surface area contributed by atoms with Gasteiger partial charge >= 0.3 is 0 Å². The van der Waals surface area contributed by atoms with Crippen LogP contribution in [0, 0.1) is 0 Å². The van der Waals surface area contributed by atoms with Crippen molar-refractivity contribution >= 4 is 34.9 Å². The molecule has 0 fully saturated rings. The average Bonchev–Trinajstić information content (AvgIpc) is 3.09.